The first-order valence-electron chi connectivity index (χ1n) is 9.68. The zero-order valence-corrected chi connectivity index (χ0v) is 15.9. The highest BCUT2D eigenvalue weighted by atomic mass is 16.5. The molecule has 1 atom stereocenters. The van der Waals surface area contributed by atoms with E-state index in [0.717, 1.165) is 52.9 Å². The van der Waals surface area contributed by atoms with E-state index in [2.05, 4.69) is 0 Å². The maximum atomic E-state index is 11.0. The molecule has 0 radical (unpaired) electrons. The van der Waals surface area contributed by atoms with Crippen molar-refractivity contribution in [3.8, 4) is 11.5 Å². The molecule has 2 aromatic carbocycles. The van der Waals surface area contributed by atoms with Crippen LogP contribution in [0, 0.1) is 6.92 Å². The van der Waals surface area contributed by atoms with Gasteiger partial charge in [0.05, 0.1) is 25.9 Å². The number of carboxylic acids is 1. The van der Waals surface area contributed by atoms with E-state index < -0.39 is 5.97 Å². The van der Waals surface area contributed by atoms with Crippen molar-refractivity contribution in [1.82, 2.24) is 0 Å². The normalized spacial score (nSPS) is 15.5. The summed E-state index contributed by atoms with van der Waals surface area (Å²) in [5, 5.41) is 10.1. The van der Waals surface area contributed by atoms with Crippen LogP contribution in [-0.4, -0.2) is 24.3 Å². The van der Waals surface area contributed by atoms with Crippen LogP contribution >= 0.6 is 0 Å². The van der Waals surface area contributed by atoms with Gasteiger partial charge in [-0.3, -0.25) is 4.79 Å². The van der Waals surface area contributed by atoms with Gasteiger partial charge in [0, 0.05) is 17.9 Å². The maximum Gasteiger partial charge on any atom is 0.303 e. The number of hydrogen-bond acceptors (Lipinski definition) is 4. The lowest BCUT2D eigenvalue weighted by atomic mass is 9.98. The van der Waals surface area contributed by atoms with E-state index in [0.29, 0.717) is 13.2 Å². The molecule has 1 aromatic heterocycles. The van der Waals surface area contributed by atoms with E-state index in [1.807, 2.05) is 43.3 Å². The first-order valence-corrected chi connectivity index (χ1v) is 9.68. The first kappa shape index (κ1) is 18.4. The molecule has 0 saturated carbocycles. The van der Waals surface area contributed by atoms with Gasteiger partial charge in [-0.15, -0.1) is 0 Å². The second-order valence-electron chi connectivity index (χ2n) is 7.32. The summed E-state index contributed by atoms with van der Waals surface area (Å²) in [5.41, 5.74) is 4.33. The summed E-state index contributed by atoms with van der Waals surface area (Å²) in [7, 11) is 0. The van der Waals surface area contributed by atoms with Crippen LogP contribution in [0.3, 0.4) is 0 Å². The molecule has 4 rings (SSSR count). The number of aliphatic carboxylic acids is 1. The Hall–Kier alpha value is -2.95. The Balaban J connectivity index is 1.24. The molecule has 0 saturated heterocycles. The molecule has 5 heteroatoms. The fourth-order valence-corrected chi connectivity index (χ4v) is 3.86. The molecule has 1 aliphatic carbocycles. The summed E-state index contributed by atoms with van der Waals surface area (Å²) in [4.78, 5) is 11.0. The Bertz CT molecular complexity index is 988. The van der Waals surface area contributed by atoms with E-state index in [9.17, 15) is 4.79 Å². The summed E-state index contributed by atoms with van der Waals surface area (Å²) in [5.74, 6) is 1.02. The molecule has 5 nitrogen and oxygen atoms in total. The number of rotatable bonds is 8. The van der Waals surface area contributed by atoms with Gasteiger partial charge < -0.3 is 19.0 Å². The minimum absolute atomic E-state index is 0.130. The first-order chi connectivity index (χ1) is 13.6. The third kappa shape index (κ3) is 3.98. The Morgan fingerprint density at radius 1 is 1.14 bits per heavy atom. The van der Waals surface area contributed by atoms with Crippen LogP contribution in [0.5, 0.6) is 11.5 Å². The van der Waals surface area contributed by atoms with Crippen LogP contribution in [0.25, 0.3) is 11.0 Å². The van der Waals surface area contributed by atoms with Gasteiger partial charge >= 0.3 is 5.97 Å². The fraction of sp³-hybridized carbons (Fsp3) is 0.348. The summed E-state index contributed by atoms with van der Waals surface area (Å²) >= 11 is 0. The van der Waals surface area contributed by atoms with Gasteiger partial charge in [-0.2, -0.15) is 0 Å². The third-order valence-electron chi connectivity index (χ3n) is 5.30. The predicted octanol–water partition coefficient (Wildman–Crippen LogP) is 5.09. The average molecular weight is 380 g/mol. The van der Waals surface area contributed by atoms with Crippen molar-refractivity contribution in [3.05, 3.63) is 59.4 Å². The molecule has 28 heavy (non-hydrogen) atoms. The van der Waals surface area contributed by atoms with E-state index in [1.165, 1.54) is 5.56 Å². The van der Waals surface area contributed by atoms with Crippen LogP contribution in [0.15, 0.2) is 47.1 Å². The number of aryl methyl sites for hydroxylation is 2. The monoisotopic (exact) mass is 380 g/mol. The Morgan fingerprint density at radius 3 is 2.68 bits per heavy atom. The maximum absolute atomic E-state index is 11.0. The highest BCUT2D eigenvalue weighted by Gasteiger charge is 2.24. The highest BCUT2D eigenvalue weighted by molar-refractivity contribution is 5.82. The molecular formula is C23H24O5. The smallest absolute Gasteiger partial charge is 0.303 e. The van der Waals surface area contributed by atoms with E-state index in [1.54, 1.807) is 6.26 Å². The summed E-state index contributed by atoms with van der Waals surface area (Å²) in [6.07, 6.45) is 4.55. The largest absolute Gasteiger partial charge is 0.493 e. The molecule has 1 N–H and O–H groups in total. The van der Waals surface area contributed by atoms with Gasteiger partial charge in [-0.25, -0.2) is 0 Å². The minimum atomic E-state index is -0.737. The van der Waals surface area contributed by atoms with Crippen molar-refractivity contribution in [2.24, 2.45) is 0 Å². The summed E-state index contributed by atoms with van der Waals surface area (Å²) in [6.45, 7) is 3.16. The number of carboxylic acid groups (broad SMARTS) is 1. The van der Waals surface area contributed by atoms with E-state index in [-0.39, 0.29) is 12.3 Å². The zero-order chi connectivity index (χ0) is 19.5. The fourth-order valence-electron chi connectivity index (χ4n) is 3.86. The average Bonchev–Trinajstić information content (AvgIpc) is 3.24. The van der Waals surface area contributed by atoms with E-state index in [4.69, 9.17) is 19.0 Å². The standard InChI is InChI=1S/C23H24O5/c1-15-14-28-22-13-19(5-7-20(15)22)27-10-2-9-26-18-6-8-21-16(11-18)3-4-17(21)12-23(24)25/h5-8,11,13-14,17H,2-4,9-10,12H2,1H3,(H,24,25)/t17-/m0/s1. The highest BCUT2D eigenvalue weighted by Crippen LogP contribution is 2.37. The molecule has 146 valence electrons. The number of benzene rings is 2. The van der Waals surface area contributed by atoms with Crippen molar-refractivity contribution in [2.75, 3.05) is 13.2 Å². The van der Waals surface area contributed by atoms with Gasteiger partial charge in [0.2, 0.25) is 0 Å². The zero-order valence-electron chi connectivity index (χ0n) is 15.9. The van der Waals surface area contributed by atoms with Crippen molar-refractivity contribution in [1.29, 1.82) is 0 Å². The number of ether oxygens (including phenoxy) is 2. The number of hydrogen-bond donors (Lipinski definition) is 1. The number of fused-ring (bicyclic) bond motifs is 2. The predicted molar refractivity (Wildman–Crippen MR) is 106 cm³/mol. The second kappa shape index (κ2) is 7.97. The van der Waals surface area contributed by atoms with Crippen molar-refractivity contribution in [3.63, 3.8) is 0 Å². The molecule has 0 aliphatic heterocycles. The molecule has 0 amide bonds. The molecule has 1 aliphatic rings. The molecule has 0 fully saturated rings. The molecule has 3 aromatic rings. The lowest BCUT2D eigenvalue weighted by Gasteiger charge is -2.11. The molecule has 0 unspecified atom stereocenters. The molecule has 0 spiro atoms. The van der Waals surface area contributed by atoms with Gasteiger partial charge in [0.1, 0.15) is 17.1 Å². The topological polar surface area (TPSA) is 68.9 Å². The van der Waals surface area contributed by atoms with Gasteiger partial charge in [0.15, 0.2) is 0 Å². The van der Waals surface area contributed by atoms with Crippen LogP contribution in [0.4, 0.5) is 0 Å². The third-order valence-corrected chi connectivity index (χ3v) is 5.30. The molecular weight excluding hydrogens is 356 g/mol. The Morgan fingerprint density at radius 2 is 1.89 bits per heavy atom. The van der Waals surface area contributed by atoms with Crippen LogP contribution in [0.2, 0.25) is 0 Å². The van der Waals surface area contributed by atoms with Crippen LogP contribution in [-0.2, 0) is 11.2 Å². The quantitative estimate of drug-likeness (QED) is 0.551. The molecule has 1 heterocycles. The summed E-state index contributed by atoms with van der Waals surface area (Å²) in [6, 6.07) is 11.9. The van der Waals surface area contributed by atoms with Gasteiger partial charge in [0.25, 0.3) is 0 Å². The van der Waals surface area contributed by atoms with Crippen molar-refractivity contribution >= 4 is 16.9 Å². The van der Waals surface area contributed by atoms with Crippen LogP contribution < -0.4 is 9.47 Å². The SMILES string of the molecule is Cc1coc2cc(OCCCOc3ccc4c(c3)CC[C@H]4CC(=O)O)ccc12. The Labute approximate surface area is 163 Å². The summed E-state index contributed by atoms with van der Waals surface area (Å²) < 4.78 is 17.1. The Kier molecular flexibility index (Phi) is 5.24. The number of furan rings is 1. The number of carbonyl (C=O) groups is 1. The lowest BCUT2D eigenvalue weighted by molar-refractivity contribution is -0.137. The second-order valence-corrected chi connectivity index (χ2v) is 7.32. The molecule has 0 bridgehead atoms. The van der Waals surface area contributed by atoms with Crippen molar-refractivity contribution < 1.29 is 23.8 Å². The minimum Gasteiger partial charge on any atom is -0.493 e. The van der Waals surface area contributed by atoms with E-state index >= 15 is 0 Å². The van der Waals surface area contributed by atoms with Gasteiger partial charge in [-0.05, 0) is 66.6 Å². The lowest BCUT2D eigenvalue weighted by Crippen LogP contribution is -2.05. The van der Waals surface area contributed by atoms with Crippen molar-refractivity contribution in [2.45, 2.75) is 38.5 Å². The van der Waals surface area contributed by atoms with Gasteiger partial charge in [-0.1, -0.05) is 6.07 Å². The van der Waals surface area contributed by atoms with Crippen LogP contribution in [0.1, 0.15) is 41.9 Å².